The Labute approximate surface area is 200 Å². The molecule has 0 unspecified atom stereocenters. The fourth-order valence-corrected chi connectivity index (χ4v) is 5.77. The molecule has 0 saturated heterocycles. The van der Waals surface area contributed by atoms with Gasteiger partial charge in [0, 0.05) is 24.7 Å². The van der Waals surface area contributed by atoms with Gasteiger partial charge in [-0.2, -0.15) is 0 Å². The van der Waals surface area contributed by atoms with Crippen LogP contribution in [0.15, 0.2) is 35.2 Å². The van der Waals surface area contributed by atoms with Gasteiger partial charge in [-0.05, 0) is 49.6 Å². The number of sulfonamides is 1. The number of benzene rings is 2. The second-order valence-corrected chi connectivity index (χ2v) is 9.34. The minimum Gasteiger partial charge on any atom is -0.493 e. The van der Waals surface area contributed by atoms with Crippen LogP contribution in [0.25, 0.3) is 5.57 Å². The van der Waals surface area contributed by atoms with Crippen molar-refractivity contribution < 1.29 is 32.2 Å². The molecule has 1 heterocycles. The van der Waals surface area contributed by atoms with Gasteiger partial charge in [-0.15, -0.1) is 0 Å². The van der Waals surface area contributed by atoms with Crippen molar-refractivity contribution in [3.05, 3.63) is 46.4 Å². The molecule has 0 atom stereocenters. The standard InChI is InChI=1S/C24H30N2O7S/c1-7-26-18-14-22(33-6)21(32-5)13-17(18)15(2)23(34(26,28)29)24(27)25-11-10-16-8-9-19(30-3)20(12-16)31-4/h8-9,12-14H,7,10-11H2,1-6H3,(H,25,27). The van der Waals surface area contributed by atoms with E-state index < -0.39 is 15.9 Å². The van der Waals surface area contributed by atoms with E-state index in [0.717, 1.165) is 5.56 Å². The molecule has 0 bridgehead atoms. The lowest BCUT2D eigenvalue weighted by molar-refractivity contribution is -0.116. The van der Waals surface area contributed by atoms with Gasteiger partial charge in [-0.25, -0.2) is 8.42 Å². The first kappa shape index (κ1) is 25.2. The van der Waals surface area contributed by atoms with Gasteiger partial charge in [0.1, 0.15) is 0 Å². The number of nitrogens with one attached hydrogen (secondary N) is 1. The Balaban J connectivity index is 1.91. The van der Waals surface area contributed by atoms with Crippen LogP contribution in [0, 0.1) is 0 Å². The molecule has 0 aromatic heterocycles. The summed E-state index contributed by atoms with van der Waals surface area (Å²) in [6, 6.07) is 8.78. The summed E-state index contributed by atoms with van der Waals surface area (Å²) < 4.78 is 49.3. The molecule has 0 radical (unpaired) electrons. The molecule has 0 fully saturated rings. The molecule has 2 aromatic carbocycles. The van der Waals surface area contributed by atoms with Gasteiger partial charge in [0.05, 0.1) is 34.1 Å². The van der Waals surface area contributed by atoms with Crippen molar-refractivity contribution in [1.82, 2.24) is 5.32 Å². The van der Waals surface area contributed by atoms with Gasteiger partial charge in [0.2, 0.25) is 0 Å². The molecule has 9 nitrogen and oxygen atoms in total. The third kappa shape index (κ3) is 4.50. The highest BCUT2D eigenvalue weighted by Gasteiger charge is 2.39. The van der Waals surface area contributed by atoms with Crippen molar-refractivity contribution in [2.75, 3.05) is 45.8 Å². The number of carbonyl (C=O) groups is 1. The van der Waals surface area contributed by atoms with E-state index in [0.29, 0.717) is 46.2 Å². The van der Waals surface area contributed by atoms with E-state index in [1.807, 2.05) is 12.1 Å². The Morgan fingerprint density at radius 1 is 0.912 bits per heavy atom. The van der Waals surface area contributed by atoms with Gasteiger partial charge in [-0.1, -0.05) is 6.07 Å². The molecule has 0 aliphatic carbocycles. The van der Waals surface area contributed by atoms with Crippen LogP contribution in [0.5, 0.6) is 23.0 Å². The fourth-order valence-electron chi connectivity index (χ4n) is 3.99. The van der Waals surface area contributed by atoms with Crippen molar-refractivity contribution in [2.45, 2.75) is 20.3 Å². The normalized spacial score (nSPS) is 14.4. The fraction of sp³-hybridized carbons (Fsp3) is 0.375. The number of hydrogen-bond donors (Lipinski definition) is 1. The van der Waals surface area contributed by atoms with Crippen LogP contribution < -0.4 is 28.6 Å². The van der Waals surface area contributed by atoms with E-state index in [1.54, 1.807) is 46.3 Å². The number of allylic oxidation sites excluding steroid dienone is 1. The van der Waals surface area contributed by atoms with Crippen molar-refractivity contribution in [1.29, 1.82) is 0 Å². The molecular formula is C24H30N2O7S. The molecule has 10 heteroatoms. The van der Waals surface area contributed by atoms with E-state index >= 15 is 0 Å². The second-order valence-electron chi connectivity index (χ2n) is 7.54. The zero-order chi connectivity index (χ0) is 25.0. The summed E-state index contributed by atoms with van der Waals surface area (Å²) in [6.45, 7) is 3.73. The van der Waals surface area contributed by atoms with Crippen molar-refractivity contribution in [3.8, 4) is 23.0 Å². The van der Waals surface area contributed by atoms with E-state index in [-0.39, 0.29) is 18.0 Å². The predicted octanol–water partition coefficient (Wildman–Crippen LogP) is 2.98. The maximum absolute atomic E-state index is 13.4. The van der Waals surface area contributed by atoms with Crippen LogP contribution in [-0.4, -0.2) is 55.9 Å². The number of hydrogen-bond acceptors (Lipinski definition) is 7. The van der Waals surface area contributed by atoms with E-state index in [9.17, 15) is 13.2 Å². The molecule has 3 rings (SSSR count). The summed E-state index contributed by atoms with van der Waals surface area (Å²) in [6.07, 6.45) is 0.484. The van der Waals surface area contributed by atoms with Crippen LogP contribution in [-0.2, 0) is 21.2 Å². The lowest BCUT2D eigenvalue weighted by Gasteiger charge is -2.32. The van der Waals surface area contributed by atoms with Crippen molar-refractivity contribution in [3.63, 3.8) is 0 Å². The molecule has 0 spiro atoms. The van der Waals surface area contributed by atoms with Crippen molar-refractivity contribution >= 4 is 27.2 Å². The highest BCUT2D eigenvalue weighted by Crippen LogP contribution is 2.44. The van der Waals surface area contributed by atoms with E-state index in [2.05, 4.69) is 5.32 Å². The number of nitrogens with zero attached hydrogens (tertiary/aromatic N) is 1. The molecule has 34 heavy (non-hydrogen) atoms. The third-order valence-corrected chi connectivity index (χ3v) is 7.75. The summed E-state index contributed by atoms with van der Waals surface area (Å²) in [5.41, 5.74) is 2.30. The smallest absolute Gasteiger partial charge is 0.270 e. The minimum atomic E-state index is -4.07. The topological polar surface area (TPSA) is 103 Å². The number of methoxy groups -OCH3 is 4. The number of amides is 1. The quantitative estimate of drug-likeness (QED) is 0.576. The Hall–Kier alpha value is -3.40. The summed E-state index contributed by atoms with van der Waals surface area (Å²) in [7, 11) is 2.03. The lowest BCUT2D eigenvalue weighted by atomic mass is 10.0. The molecule has 1 aliphatic rings. The zero-order valence-electron chi connectivity index (χ0n) is 20.2. The Morgan fingerprint density at radius 3 is 2.09 bits per heavy atom. The van der Waals surface area contributed by atoms with Crippen LogP contribution in [0.3, 0.4) is 0 Å². The second kappa shape index (κ2) is 10.3. The highest BCUT2D eigenvalue weighted by atomic mass is 32.2. The van der Waals surface area contributed by atoms with Gasteiger partial charge >= 0.3 is 0 Å². The molecule has 2 aromatic rings. The van der Waals surface area contributed by atoms with E-state index in [1.165, 1.54) is 18.5 Å². The summed E-state index contributed by atoms with van der Waals surface area (Å²) >= 11 is 0. The minimum absolute atomic E-state index is 0.153. The molecular weight excluding hydrogens is 460 g/mol. The lowest BCUT2D eigenvalue weighted by Crippen LogP contribution is -2.41. The van der Waals surface area contributed by atoms with Gasteiger partial charge in [0.25, 0.3) is 15.9 Å². The summed E-state index contributed by atoms with van der Waals surface area (Å²) in [4.78, 5) is 12.8. The summed E-state index contributed by atoms with van der Waals surface area (Å²) in [5, 5.41) is 2.75. The monoisotopic (exact) mass is 490 g/mol. The van der Waals surface area contributed by atoms with E-state index in [4.69, 9.17) is 18.9 Å². The van der Waals surface area contributed by atoms with Crippen LogP contribution in [0.4, 0.5) is 5.69 Å². The number of fused-ring (bicyclic) bond motifs is 1. The maximum atomic E-state index is 13.4. The molecule has 1 N–H and O–H groups in total. The Morgan fingerprint density at radius 2 is 1.50 bits per heavy atom. The average Bonchev–Trinajstić information content (AvgIpc) is 2.82. The predicted molar refractivity (Wildman–Crippen MR) is 130 cm³/mol. The number of ether oxygens (including phenoxy) is 4. The van der Waals surface area contributed by atoms with Crippen LogP contribution in [0.2, 0.25) is 0 Å². The van der Waals surface area contributed by atoms with Gasteiger partial charge < -0.3 is 24.3 Å². The Kier molecular flexibility index (Phi) is 7.61. The highest BCUT2D eigenvalue weighted by molar-refractivity contribution is 7.97. The van der Waals surface area contributed by atoms with Gasteiger partial charge in [0.15, 0.2) is 27.9 Å². The largest absolute Gasteiger partial charge is 0.493 e. The zero-order valence-corrected chi connectivity index (χ0v) is 21.0. The molecule has 184 valence electrons. The average molecular weight is 491 g/mol. The maximum Gasteiger partial charge on any atom is 0.270 e. The Bertz CT molecular complexity index is 1220. The first-order chi connectivity index (χ1) is 16.2. The number of rotatable bonds is 9. The third-order valence-electron chi connectivity index (χ3n) is 5.70. The molecule has 1 aliphatic heterocycles. The number of carbonyl (C=O) groups excluding carboxylic acids is 1. The van der Waals surface area contributed by atoms with Crippen LogP contribution in [0.1, 0.15) is 25.0 Å². The first-order valence-corrected chi connectivity index (χ1v) is 12.2. The SMILES string of the molecule is CCN1c2cc(OC)c(OC)cc2C(C)=C(C(=O)NCCc2ccc(OC)c(OC)c2)S1(=O)=O. The van der Waals surface area contributed by atoms with Gasteiger partial charge in [-0.3, -0.25) is 9.10 Å². The molecule has 0 saturated carbocycles. The summed E-state index contributed by atoms with van der Waals surface area (Å²) in [5.74, 6) is 1.39. The first-order valence-electron chi connectivity index (χ1n) is 10.7. The van der Waals surface area contributed by atoms with Crippen molar-refractivity contribution in [2.24, 2.45) is 0 Å². The number of anilines is 1. The molecule has 1 amide bonds. The van der Waals surface area contributed by atoms with Crippen LogP contribution >= 0.6 is 0 Å².